The van der Waals surface area contributed by atoms with Gasteiger partial charge < -0.3 is 0 Å². The second-order valence-electron chi connectivity index (χ2n) is 11.3. The molecule has 2 heterocycles. The molecule has 216 valence electrons. The molecule has 0 saturated carbocycles. The summed E-state index contributed by atoms with van der Waals surface area (Å²) in [5.41, 5.74) is 11.9. The molecule has 0 N–H and O–H groups in total. The Balaban J connectivity index is 1.19. The Morgan fingerprint density at radius 3 is 1.46 bits per heavy atom. The third-order valence-electron chi connectivity index (χ3n) is 8.45. The van der Waals surface area contributed by atoms with Gasteiger partial charge in [0.2, 0.25) is 0 Å². The third kappa shape index (κ3) is 5.47. The van der Waals surface area contributed by atoms with Crippen molar-refractivity contribution in [1.29, 1.82) is 0 Å². The number of pyridine rings is 1. The Hall–Kier alpha value is -6.19. The maximum atomic E-state index is 5.10. The molecule has 2 aromatic heterocycles. The summed E-state index contributed by atoms with van der Waals surface area (Å²) in [5, 5.41) is 2.49. The number of hydrogen-bond donors (Lipinski definition) is 0. The van der Waals surface area contributed by atoms with Gasteiger partial charge in [0.15, 0.2) is 5.82 Å². The molecule has 0 unspecified atom stereocenters. The van der Waals surface area contributed by atoms with Gasteiger partial charge in [0.1, 0.15) is 0 Å². The van der Waals surface area contributed by atoms with Gasteiger partial charge in [0.05, 0.1) is 11.4 Å². The molecule has 0 aliphatic rings. The summed E-state index contributed by atoms with van der Waals surface area (Å²) in [6.45, 7) is 0. The topological polar surface area (TPSA) is 38.7 Å². The van der Waals surface area contributed by atoms with E-state index in [1.54, 1.807) is 0 Å². The monoisotopic (exact) mass is 587 g/mol. The van der Waals surface area contributed by atoms with E-state index in [4.69, 9.17) is 9.97 Å². The fraction of sp³-hybridized carbons (Fsp3) is 0. The quantitative estimate of drug-likeness (QED) is 0.194. The Morgan fingerprint density at radius 1 is 0.326 bits per heavy atom. The van der Waals surface area contributed by atoms with Crippen molar-refractivity contribution in [3.05, 3.63) is 176 Å². The first kappa shape index (κ1) is 27.4. The summed E-state index contributed by atoms with van der Waals surface area (Å²) in [5.74, 6) is 0.694. The Morgan fingerprint density at radius 2 is 0.804 bits per heavy atom. The van der Waals surface area contributed by atoms with Gasteiger partial charge in [-0.1, -0.05) is 146 Å². The van der Waals surface area contributed by atoms with Crippen LogP contribution in [0.5, 0.6) is 0 Å². The molecular weight excluding hydrogens is 558 g/mol. The SMILES string of the molecule is c1ccc(-c2ccc(-c3cc(-c4ccc(-c5cccc6ccccc56)cc4)nc(-c4ccc(-c5ccncc5)cc4)n3)cc2)cc1. The average Bonchev–Trinajstić information content (AvgIpc) is 3.15. The molecule has 3 heteroatoms. The minimum absolute atomic E-state index is 0.694. The first-order valence-electron chi connectivity index (χ1n) is 15.4. The minimum Gasteiger partial charge on any atom is -0.265 e. The Labute approximate surface area is 268 Å². The lowest BCUT2D eigenvalue weighted by Gasteiger charge is -2.12. The summed E-state index contributed by atoms with van der Waals surface area (Å²) in [6.07, 6.45) is 3.63. The van der Waals surface area contributed by atoms with Crippen LogP contribution in [0.4, 0.5) is 0 Å². The zero-order chi connectivity index (χ0) is 30.7. The van der Waals surface area contributed by atoms with Crippen molar-refractivity contribution in [2.45, 2.75) is 0 Å². The first-order chi connectivity index (χ1) is 22.8. The van der Waals surface area contributed by atoms with Crippen molar-refractivity contribution in [2.75, 3.05) is 0 Å². The number of fused-ring (bicyclic) bond motifs is 1. The second-order valence-corrected chi connectivity index (χ2v) is 11.3. The maximum absolute atomic E-state index is 5.10. The standard InChI is InChI=1S/C43H29N3/c1-2-7-30(8-3-1)31-13-19-36(20-14-31)41-29-42(46-43(45-41)38-23-15-32(16-24-38)33-25-27-44-28-26-33)37-21-17-35(18-22-37)40-12-6-10-34-9-4-5-11-39(34)40/h1-29H. The van der Waals surface area contributed by atoms with Crippen molar-refractivity contribution in [1.82, 2.24) is 15.0 Å². The van der Waals surface area contributed by atoms with Crippen LogP contribution >= 0.6 is 0 Å². The molecule has 0 atom stereocenters. The first-order valence-corrected chi connectivity index (χ1v) is 15.4. The van der Waals surface area contributed by atoms with Gasteiger partial charge in [-0.05, 0) is 62.4 Å². The largest absolute Gasteiger partial charge is 0.265 e. The van der Waals surface area contributed by atoms with Gasteiger partial charge in [-0.2, -0.15) is 0 Å². The minimum atomic E-state index is 0.694. The summed E-state index contributed by atoms with van der Waals surface area (Å²) < 4.78 is 0. The highest BCUT2D eigenvalue weighted by molar-refractivity contribution is 5.96. The van der Waals surface area contributed by atoms with Crippen LogP contribution in [0.15, 0.2) is 176 Å². The van der Waals surface area contributed by atoms with E-state index in [1.165, 1.54) is 33.0 Å². The summed E-state index contributed by atoms with van der Waals surface area (Å²) in [7, 11) is 0. The number of aromatic nitrogens is 3. The molecular formula is C43H29N3. The molecule has 0 aliphatic heterocycles. The van der Waals surface area contributed by atoms with E-state index in [1.807, 2.05) is 30.6 Å². The van der Waals surface area contributed by atoms with Crippen LogP contribution in [0.2, 0.25) is 0 Å². The van der Waals surface area contributed by atoms with Gasteiger partial charge in [0.25, 0.3) is 0 Å². The highest BCUT2D eigenvalue weighted by Crippen LogP contribution is 2.33. The molecule has 0 saturated heterocycles. The predicted molar refractivity (Wildman–Crippen MR) is 190 cm³/mol. The molecule has 0 fully saturated rings. The van der Waals surface area contributed by atoms with Crippen molar-refractivity contribution in [3.63, 3.8) is 0 Å². The van der Waals surface area contributed by atoms with E-state index >= 15 is 0 Å². The van der Waals surface area contributed by atoms with Gasteiger partial charge in [-0.25, -0.2) is 9.97 Å². The highest BCUT2D eigenvalue weighted by atomic mass is 14.9. The van der Waals surface area contributed by atoms with Crippen LogP contribution in [0, 0.1) is 0 Å². The molecule has 3 nitrogen and oxygen atoms in total. The Kier molecular flexibility index (Phi) is 7.18. The lowest BCUT2D eigenvalue weighted by Crippen LogP contribution is -1.96. The molecule has 8 aromatic rings. The van der Waals surface area contributed by atoms with E-state index in [0.29, 0.717) is 5.82 Å². The Bertz CT molecular complexity index is 2150. The molecule has 0 spiro atoms. The van der Waals surface area contributed by atoms with Crippen molar-refractivity contribution in [2.24, 2.45) is 0 Å². The zero-order valence-corrected chi connectivity index (χ0v) is 25.1. The molecule has 46 heavy (non-hydrogen) atoms. The number of rotatable bonds is 6. The predicted octanol–water partition coefficient (Wildman–Crippen LogP) is 11.0. The van der Waals surface area contributed by atoms with Crippen molar-refractivity contribution < 1.29 is 0 Å². The summed E-state index contributed by atoms with van der Waals surface area (Å²) in [4.78, 5) is 14.3. The van der Waals surface area contributed by atoms with Gasteiger partial charge in [-0.3, -0.25) is 4.98 Å². The number of benzene rings is 6. The van der Waals surface area contributed by atoms with Gasteiger partial charge >= 0.3 is 0 Å². The van der Waals surface area contributed by atoms with E-state index < -0.39 is 0 Å². The van der Waals surface area contributed by atoms with Gasteiger partial charge in [0, 0.05) is 29.1 Å². The third-order valence-corrected chi connectivity index (χ3v) is 8.45. The fourth-order valence-electron chi connectivity index (χ4n) is 5.99. The van der Waals surface area contributed by atoms with E-state index in [2.05, 4.69) is 151 Å². The maximum Gasteiger partial charge on any atom is 0.160 e. The zero-order valence-electron chi connectivity index (χ0n) is 25.1. The molecule has 0 amide bonds. The van der Waals surface area contributed by atoms with E-state index in [9.17, 15) is 0 Å². The number of nitrogens with zero attached hydrogens (tertiary/aromatic N) is 3. The fourth-order valence-corrected chi connectivity index (χ4v) is 5.99. The molecule has 0 aliphatic carbocycles. The normalized spacial score (nSPS) is 11.0. The van der Waals surface area contributed by atoms with E-state index in [-0.39, 0.29) is 0 Å². The van der Waals surface area contributed by atoms with Crippen LogP contribution in [0.3, 0.4) is 0 Å². The highest BCUT2D eigenvalue weighted by Gasteiger charge is 2.12. The van der Waals surface area contributed by atoms with Crippen LogP contribution < -0.4 is 0 Å². The molecule has 8 rings (SSSR count). The van der Waals surface area contributed by atoms with Crippen molar-refractivity contribution in [3.8, 4) is 67.3 Å². The lowest BCUT2D eigenvalue weighted by atomic mass is 9.97. The summed E-state index contributed by atoms with van der Waals surface area (Å²) >= 11 is 0. The smallest absolute Gasteiger partial charge is 0.160 e. The summed E-state index contributed by atoms with van der Waals surface area (Å²) in [6, 6.07) is 57.3. The molecule has 0 radical (unpaired) electrons. The van der Waals surface area contributed by atoms with Crippen molar-refractivity contribution >= 4 is 10.8 Å². The molecule has 0 bridgehead atoms. The lowest BCUT2D eigenvalue weighted by molar-refractivity contribution is 1.18. The van der Waals surface area contributed by atoms with Crippen LogP contribution in [0.1, 0.15) is 0 Å². The van der Waals surface area contributed by atoms with Crippen LogP contribution in [-0.2, 0) is 0 Å². The van der Waals surface area contributed by atoms with Crippen LogP contribution in [-0.4, -0.2) is 15.0 Å². The average molecular weight is 588 g/mol. The van der Waals surface area contributed by atoms with Gasteiger partial charge in [-0.15, -0.1) is 0 Å². The number of hydrogen-bond acceptors (Lipinski definition) is 3. The van der Waals surface area contributed by atoms with Crippen LogP contribution in [0.25, 0.3) is 78.1 Å². The second kappa shape index (κ2) is 12.1. The molecule has 6 aromatic carbocycles. The van der Waals surface area contributed by atoms with E-state index in [0.717, 1.165) is 39.2 Å².